The van der Waals surface area contributed by atoms with Crippen LogP contribution in [0.4, 0.5) is 13.2 Å². The van der Waals surface area contributed by atoms with Crippen LogP contribution in [0.3, 0.4) is 0 Å². The van der Waals surface area contributed by atoms with E-state index in [0.717, 1.165) is 19.4 Å². The van der Waals surface area contributed by atoms with E-state index < -0.39 is 108 Å². The maximum Gasteiger partial charge on any atom is 0.446 e. The molecule has 8 atom stereocenters. The molecule has 6 N–H and O–H groups in total. The average molecular weight is 788 g/mol. The van der Waals surface area contributed by atoms with Gasteiger partial charge >= 0.3 is 30.1 Å². The van der Waals surface area contributed by atoms with Crippen LogP contribution < -0.4 is 20.1 Å². The number of aliphatic hydroxyl groups excluding tert-OH is 2. The summed E-state index contributed by atoms with van der Waals surface area (Å²) in [5.41, 5.74) is -1.03. The molecule has 1 aromatic rings. The standard InChI is InChI=1S/C32H39N3O14.C2HF3O/c1-14(36)27(40)33-17(29(42)43)12-22(38)47-20-7-8-32(49-23(39)13-18(30(44)45)34-28(41)15(2)37)21-11-16-5-6-19(46-4)25-24(16)31(32,26(20)48-25)9-10-35(21)3;3-2(4,5)1-6/h5-7,14-15,17-18,21,26,36-37H,8-13H2,1-4H3,(H,33,40)(H,34,41)(H,42,43)(H,44,45);1H/t14-,15-,17-,18-,21+,26-,31-,32+;/m0./s1. The van der Waals surface area contributed by atoms with Crippen LogP contribution in [0.1, 0.15) is 50.7 Å². The molecule has 1 saturated heterocycles. The molecule has 2 heterocycles. The minimum absolute atomic E-state index is 0.0182. The molecule has 2 aliphatic carbocycles. The van der Waals surface area contributed by atoms with Crippen LogP contribution in [-0.4, -0.2) is 136 Å². The number of hydrogen-bond acceptors (Lipinski definition) is 14. The lowest BCUT2D eigenvalue weighted by Crippen LogP contribution is -2.75. The summed E-state index contributed by atoms with van der Waals surface area (Å²) in [6.07, 6.45) is -9.15. The van der Waals surface area contributed by atoms with E-state index in [9.17, 15) is 62.4 Å². The van der Waals surface area contributed by atoms with Crippen molar-refractivity contribution in [3.63, 3.8) is 0 Å². The smallest absolute Gasteiger partial charge is 0.446 e. The average Bonchev–Trinajstić information content (AvgIpc) is 3.46. The van der Waals surface area contributed by atoms with Crippen molar-refractivity contribution >= 4 is 42.0 Å². The van der Waals surface area contributed by atoms with Gasteiger partial charge in [0, 0.05) is 12.0 Å². The van der Waals surface area contributed by atoms with Crippen LogP contribution in [-0.2, 0) is 54.9 Å². The maximum atomic E-state index is 13.7. The molecule has 0 aromatic heterocycles. The van der Waals surface area contributed by atoms with Gasteiger partial charge in [-0.25, -0.2) is 9.59 Å². The predicted octanol–water partition coefficient (Wildman–Crippen LogP) is -0.505. The summed E-state index contributed by atoms with van der Waals surface area (Å²) in [5, 5.41) is 42.7. The maximum absolute atomic E-state index is 13.7. The van der Waals surface area contributed by atoms with E-state index in [2.05, 4.69) is 10.6 Å². The number of carboxylic acids is 2. The number of piperidine rings is 1. The first-order valence-corrected chi connectivity index (χ1v) is 16.8. The molecule has 0 saturated carbocycles. The second-order valence-electron chi connectivity index (χ2n) is 13.4. The summed E-state index contributed by atoms with van der Waals surface area (Å²) in [7, 11) is 3.32. The van der Waals surface area contributed by atoms with E-state index in [0.29, 0.717) is 36.4 Å². The number of alkyl halides is 3. The zero-order chi connectivity index (χ0) is 41.2. The molecule has 4 aliphatic rings. The first-order valence-electron chi connectivity index (χ1n) is 16.8. The van der Waals surface area contributed by atoms with Gasteiger partial charge in [0.1, 0.15) is 35.7 Å². The second-order valence-corrected chi connectivity index (χ2v) is 13.4. The van der Waals surface area contributed by atoms with Gasteiger partial charge in [0.25, 0.3) is 0 Å². The van der Waals surface area contributed by atoms with E-state index in [-0.39, 0.29) is 12.2 Å². The molecule has 1 fully saturated rings. The summed E-state index contributed by atoms with van der Waals surface area (Å²) >= 11 is 0. The monoisotopic (exact) mass is 787 g/mol. The minimum Gasteiger partial charge on any atom is -0.493 e. The van der Waals surface area contributed by atoms with Gasteiger partial charge in [0.15, 0.2) is 17.6 Å². The Morgan fingerprint density at radius 1 is 1.00 bits per heavy atom. The number of aliphatic hydroxyl groups is 2. The van der Waals surface area contributed by atoms with Crippen LogP contribution >= 0.6 is 0 Å². The fourth-order valence-electron chi connectivity index (χ4n) is 7.49. The normalized spacial score (nSPS) is 25.4. The van der Waals surface area contributed by atoms with E-state index in [4.69, 9.17) is 23.7 Å². The molecule has 302 valence electrons. The zero-order valence-electron chi connectivity index (χ0n) is 29.9. The number of rotatable bonds is 13. The van der Waals surface area contributed by atoms with Gasteiger partial charge in [-0.05, 0) is 58.0 Å². The van der Waals surface area contributed by atoms with E-state index in [1.165, 1.54) is 13.2 Å². The molecule has 2 bridgehead atoms. The highest BCUT2D eigenvalue weighted by molar-refractivity contribution is 5.90. The van der Waals surface area contributed by atoms with Gasteiger partial charge < -0.3 is 50.0 Å². The van der Waals surface area contributed by atoms with Crippen molar-refractivity contribution in [1.82, 2.24) is 15.5 Å². The topological polar surface area (TPSA) is 265 Å². The number of halogens is 3. The van der Waals surface area contributed by atoms with Crippen LogP contribution in [0.2, 0.25) is 0 Å². The lowest BCUT2D eigenvalue weighted by molar-refractivity contribution is -0.207. The summed E-state index contributed by atoms with van der Waals surface area (Å²) in [6.45, 7) is 2.79. The number of likely N-dealkylation sites (tertiary alicyclic amines) is 1. The van der Waals surface area contributed by atoms with Crippen LogP contribution in [0.25, 0.3) is 0 Å². The van der Waals surface area contributed by atoms with Crippen molar-refractivity contribution < 1.29 is 86.1 Å². The molecule has 0 radical (unpaired) electrons. The number of amides is 2. The molecule has 55 heavy (non-hydrogen) atoms. The lowest BCUT2D eigenvalue weighted by atomic mass is 9.50. The fraction of sp³-hybridized carbons (Fsp3) is 0.559. The van der Waals surface area contributed by atoms with Gasteiger partial charge in [-0.2, -0.15) is 13.2 Å². The number of carbonyl (C=O) groups is 7. The first kappa shape index (κ1) is 42.5. The van der Waals surface area contributed by atoms with Crippen LogP contribution in [0.5, 0.6) is 11.5 Å². The molecule has 21 heteroatoms. The van der Waals surface area contributed by atoms with Crippen molar-refractivity contribution in [2.24, 2.45) is 0 Å². The number of carboxylic acid groups (broad SMARTS) is 2. The molecule has 2 amide bonds. The number of likely N-dealkylation sites (N-methyl/N-ethyl adjacent to an activating group) is 1. The van der Waals surface area contributed by atoms with Crippen LogP contribution in [0, 0.1) is 0 Å². The fourth-order valence-corrected chi connectivity index (χ4v) is 7.49. The third-order valence-corrected chi connectivity index (χ3v) is 9.91. The number of ether oxygens (including phenoxy) is 4. The number of aldehydes is 1. The Bertz CT molecular complexity index is 1770. The van der Waals surface area contributed by atoms with Crippen molar-refractivity contribution in [2.75, 3.05) is 20.7 Å². The number of methoxy groups -OCH3 is 1. The Kier molecular flexibility index (Phi) is 12.5. The third-order valence-electron chi connectivity index (χ3n) is 9.91. The SMILES string of the molecule is COc1ccc2c3c1O[C@H]1C(OC(=O)C[C@H](NC(=O)[C@H](C)O)C(=O)O)=CC[C@@]4(OC(=O)C[C@H](NC(=O)[C@H](C)O)C(=O)O)[C@@H](C2)N(C)CC[C@]314.O=CC(F)(F)F. The largest absolute Gasteiger partial charge is 0.493 e. The number of benzene rings is 1. The summed E-state index contributed by atoms with van der Waals surface area (Å²) in [4.78, 5) is 85.5. The van der Waals surface area contributed by atoms with Gasteiger partial charge in [-0.15, -0.1) is 0 Å². The summed E-state index contributed by atoms with van der Waals surface area (Å²) in [6, 6.07) is -0.253. The Hall–Kier alpha value is -5.28. The molecular weight excluding hydrogens is 747 g/mol. The molecular formula is C34H40F3N3O15. The van der Waals surface area contributed by atoms with Crippen LogP contribution in [0.15, 0.2) is 24.0 Å². The third kappa shape index (κ3) is 8.37. The second kappa shape index (κ2) is 16.2. The Morgan fingerprint density at radius 3 is 2.04 bits per heavy atom. The number of nitrogens with zero attached hydrogens (tertiary/aromatic N) is 1. The highest BCUT2D eigenvalue weighted by atomic mass is 19.4. The molecule has 0 unspecified atom stereocenters. The number of esters is 2. The van der Waals surface area contributed by atoms with Gasteiger partial charge in [0.05, 0.1) is 31.4 Å². The Labute approximate surface area is 310 Å². The number of hydrogen-bond donors (Lipinski definition) is 6. The quantitative estimate of drug-likeness (QED) is 0.109. The zero-order valence-corrected chi connectivity index (χ0v) is 29.9. The Morgan fingerprint density at radius 2 is 1.55 bits per heavy atom. The summed E-state index contributed by atoms with van der Waals surface area (Å²) < 4.78 is 55.5. The van der Waals surface area contributed by atoms with Gasteiger partial charge in [0.2, 0.25) is 18.1 Å². The highest BCUT2D eigenvalue weighted by Gasteiger charge is 2.74. The van der Waals surface area contributed by atoms with Crippen molar-refractivity contribution in [3.8, 4) is 11.5 Å². The van der Waals surface area contributed by atoms with E-state index in [1.807, 2.05) is 18.0 Å². The predicted molar refractivity (Wildman–Crippen MR) is 175 cm³/mol. The number of nitrogens with one attached hydrogen (secondary N) is 2. The molecule has 18 nitrogen and oxygen atoms in total. The number of aliphatic carboxylic acids is 2. The van der Waals surface area contributed by atoms with Gasteiger partial charge in [-0.1, -0.05) is 6.07 Å². The highest BCUT2D eigenvalue weighted by Crippen LogP contribution is 2.66. The van der Waals surface area contributed by atoms with Crippen molar-refractivity contribution in [2.45, 2.75) is 99.6 Å². The Balaban J connectivity index is 0.00000104. The van der Waals surface area contributed by atoms with Crippen molar-refractivity contribution in [1.29, 1.82) is 0 Å². The van der Waals surface area contributed by atoms with E-state index >= 15 is 0 Å². The minimum atomic E-state index is -4.64. The van der Waals surface area contributed by atoms with E-state index in [1.54, 1.807) is 6.07 Å². The summed E-state index contributed by atoms with van der Waals surface area (Å²) in [5.74, 6) is -6.24. The molecule has 1 aromatic carbocycles. The first-order chi connectivity index (χ1) is 25.6. The molecule has 2 aliphatic heterocycles. The number of carbonyl (C=O) groups excluding carboxylic acids is 5. The lowest BCUT2D eigenvalue weighted by Gasteiger charge is -2.62. The molecule has 5 rings (SSSR count). The molecule has 1 spiro atoms. The van der Waals surface area contributed by atoms with Crippen molar-refractivity contribution in [3.05, 3.63) is 35.1 Å². The van der Waals surface area contributed by atoms with Gasteiger partial charge in [-0.3, -0.25) is 28.9 Å².